The minimum atomic E-state index is -1.04. The fourth-order valence-corrected chi connectivity index (χ4v) is 2.59. The number of hydrogen-bond donors (Lipinski definition) is 2. The van der Waals surface area contributed by atoms with Gasteiger partial charge in [0, 0.05) is 11.2 Å². The Morgan fingerprint density at radius 1 is 1.35 bits per heavy atom. The van der Waals surface area contributed by atoms with Gasteiger partial charge in [-0.3, -0.25) is 4.79 Å². The average molecular weight is 353 g/mol. The summed E-state index contributed by atoms with van der Waals surface area (Å²) < 4.78 is 5.15. The minimum Gasteiger partial charge on any atom is -0.495 e. The van der Waals surface area contributed by atoms with Gasteiger partial charge in [0.25, 0.3) is 0 Å². The van der Waals surface area contributed by atoms with Gasteiger partial charge in [0.15, 0.2) is 0 Å². The maximum absolute atomic E-state index is 12.0. The molecule has 1 aromatic heterocycles. The zero-order valence-corrected chi connectivity index (χ0v) is 13.6. The fourth-order valence-electron chi connectivity index (χ4n) is 1.73. The summed E-state index contributed by atoms with van der Waals surface area (Å²) in [6.45, 7) is 0. The molecule has 0 fully saturated rings. The number of halogens is 1. The number of ether oxygens (including phenoxy) is 1. The van der Waals surface area contributed by atoms with Crippen molar-refractivity contribution in [3.05, 3.63) is 47.1 Å². The maximum atomic E-state index is 12.0. The molecule has 2 aromatic rings. The number of carboxylic acid groups (broad SMARTS) is 1. The van der Waals surface area contributed by atoms with Crippen molar-refractivity contribution in [2.75, 3.05) is 18.2 Å². The number of benzene rings is 1. The molecular formula is C15H13ClN2O4S. The van der Waals surface area contributed by atoms with Gasteiger partial charge < -0.3 is 15.2 Å². The number of pyridine rings is 1. The largest absolute Gasteiger partial charge is 0.495 e. The van der Waals surface area contributed by atoms with Crippen LogP contribution in [0.4, 0.5) is 5.69 Å². The third-order valence-corrected chi connectivity index (χ3v) is 3.93. The second kappa shape index (κ2) is 7.85. The number of aromatic carboxylic acids is 1. The van der Waals surface area contributed by atoms with Crippen molar-refractivity contribution in [1.29, 1.82) is 0 Å². The summed E-state index contributed by atoms with van der Waals surface area (Å²) in [6, 6.07) is 7.71. The summed E-state index contributed by atoms with van der Waals surface area (Å²) in [6.07, 6.45) is 1.39. The molecule has 6 nitrogen and oxygen atoms in total. The highest BCUT2D eigenvalue weighted by atomic mass is 35.5. The smallest absolute Gasteiger partial charge is 0.335 e. The predicted molar refractivity (Wildman–Crippen MR) is 88.6 cm³/mol. The van der Waals surface area contributed by atoms with E-state index in [4.69, 9.17) is 21.4 Å². The molecule has 1 heterocycles. The van der Waals surface area contributed by atoms with E-state index in [2.05, 4.69) is 10.3 Å². The van der Waals surface area contributed by atoms with Gasteiger partial charge in [-0.1, -0.05) is 23.4 Å². The summed E-state index contributed by atoms with van der Waals surface area (Å²) in [5.41, 5.74) is 0.595. The van der Waals surface area contributed by atoms with Crippen LogP contribution in [0.2, 0.25) is 5.02 Å². The van der Waals surface area contributed by atoms with E-state index in [0.29, 0.717) is 21.5 Å². The lowest BCUT2D eigenvalue weighted by atomic mass is 10.3. The molecule has 0 saturated heterocycles. The van der Waals surface area contributed by atoms with Crippen molar-refractivity contribution in [3.63, 3.8) is 0 Å². The first kappa shape index (κ1) is 17.1. The molecule has 1 amide bonds. The van der Waals surface area contributed by atoms with Gasteiger partial charge in [-0.25, -0.2) is 9.78 Å². The summed E-state index contributed by atoms with van der Waals surface area (Å²) in [4.78, 5) is 26.9. The first-order valence-corrected chi connectivity index (χ1v) is 7.81. The van der Waals surface area contributed by atoms with E-state index in [9.17, 15) is 9.59 Å². The van der Waals surface area contributed by atoms with Gasteiger partial charge in [0.1, 0.15) is 5.75 Å². The molecule has 2 N–H and O–H groups in total. The number of nitrogens with one attached hydrogen (secondary N) is 1. The number of carbonyl (C=O) groups is 2. The lowest BCUT2D eigenvalue weighted by Crippen LogP contribution is -2.14. The zero-order valence-electron chi connectivity index (χ0n) is 12.1. The molecular weight excluding hydrogens is 340 g/mol. The van der Waals surface area contributed by atoms with Crippen LogP contribution in [0.5, 0.6) is 5.75 Å². The quantitative estimate of drug-likeness (QED) is 0.776. The SMILES string of the molecule is COc1ccc(Cl)cc1NC(=O)CSc1cc(C(=O)O)ccn1. The van der Waals surface area contributed by atoms with Crippen LogP contribution in [0.15, 0.2) is 41.6 Å². The fraction of sp³-hybridized carbons (Fsp3) is 0.133. The molecule has 1 aromatic carbocycles. The van der Waals surface area contributed by atoms with Gasteiger partial charge in [0.2, 0.25) is 5.91 Å². The van der Waals surface area contributed by atoms with Gasteiger partial charge >= 0.3 is 5.97 Å². The molecule has 0 spiro atoms. The summed E-state index contributed by atoms with van der Waals surface area (Å²) in [5.74, 6) is -0.745. The monoisotopic (exact) mass is 352 g/mol. The summed E-state index contributed by atoms with van der Waals surface area (Å²) >= 11 is 7.04. The Morgan fingerprint density at radius 2 is 2.13 bits per heavy atom. The Kier molecular flexibility index (Phi) is 5.84. The molecule has 0 saturated carbocycles. The molecule has 0 aliphatic heterocycles. The van der Waals surface area contributed by atoms with Crippen LogP contribution >= 0.6 is 23.4 Å². The van der Waals surface area contributed by atoms with Crippen molar-refractivity contribution in [2.45, 2.75) is 5.03 Å². The Morgan fingerprint density at radius 3 is 2.83 bits per heavy atom. The van der Waals surface area contributed by atoms with Crippen LogP contribution in [-0.4, -0.2) is 34.8 Å². The minimum absolute atomic E-state index is 0.0751. The van der Waals surface area contributed by atoms with Gasteiger partial charge in [-0.2, -0.15) is 0 Å². The van der Waals surface area contributed by atoms with Crippen LogP contribution in [0.25, 0.3) is 0 Å². The number of methoxy groups -OCH3 is 1. The molecule has 0 aliphatic carbocycles. The summed E-state index contributed by atoms with van der Waals surface area (Å²) in [5, 5.41) is 12.6. The first-order chi connectivity index (χ1) is 11.0. The third kappa shape index (κ3) is 4.87. The number of amides is 1. The normalized spacial score (nSPS) is 10.2. The van der Waals surface area contributed by atoms with E-state index < -0.39 is 5.97 Å². The van der Waals surface area contributed by atoms with E-state index in [1.807, 2.05) is 0 Å². The average Bonchev–Trinajstić information content (AvgIpc) is 2.53. The number of anilines is 1. The van der Waals surface area contributed by atoms with E-state index in [0.717, 1.165) is 11.8 Å². The zero-order chi connectivity index (χ0) is 16.8. The predicted octanol–water partition coefficient (Wildman–Crippen LogP) is 3.17. The van der Waals surface area contributed by atoms with Gasteiger partial charge in [-0.15, -0.1) is 0 Å². The Balaban J connectivity index is 1.99. The lowest BCUT2D eigenvalue weighted by molar-refractivity contribution is -0.113. The van der Waals surface area contributed by atoms with Crippen LogP contribution in [0.3, 0.4) is 0 Å². The van der Waals surface area contributed by atoms with Crippen molar-refractivity contribution < 1.29 is 19.4 Å². The summed E-state index contributed by atoms with van der Waals surface area (Å²) in [7, 11) is 1.50. The van der Waals surface area contributed by atoms with E-state index in [-0.39, 0.29) is 17.2 Å². The van der Waals surface area contributed by atoms with E-state index in [1.165, 1.54) is 25.4 Å². The van der Waals surface area contributed by atoms with Crippen molar-refractivity contribution in [3.8, 4) is 5.75 Å². The van der Waals surface area contributed by atoms with Crippen LogP contribution in [-0.2, 0) is 4.79 Å². The molecule has 0 radical (unpaired) electrons. The second-order valence-corrected chi connectivity index (χ2v) is 5.80. The Labute approximate surface area is 141 Å². The number of thioether (sulfide) groups is 1. The molecule has 0 atom stereocenters. The van der Waals surface area contributed by atoms with Crippen LogP contribution in [0.1, 0.15) is 10.4 Å². The van der Waals surface area contributed by atoms with E-state index >= 15 is 0 Å². The third-order valence-electron chi connectivity index (χ3n) is 2.77. The number of nitrogens with zero attached hydrogens (tertiary/aromatic N) is 1. The highest BCUT2D eigenvalue weighted by Crippen LogP contribution is 2.28. The Bertz CT molecular complexity index is 739. The van der Waals surface area contributed by atoms with Gasteiger partial charge in [0.05, 0.1) is 29.1 Å². The standard InChI is InChI=1S/C15H13ClN2O4S/c1-22-12-3-2-10(16)7-11(12)18-13(19)8-23-14-6-9(15(20)21)4-5-17-14/h2-7H,8H2,1H3,(H,18,19)(H,20,21). The Hall–Kier alpha value is -2.25. The molecule has 0 unspecified atom stereocenters. The van der Waals surface area contributed by atoms with E-state index in [1.54, 1.807) is 18.2 Å². The number of carbonyl (C=O) groups excluding carboxylic acids is 1. The topological polar surface area (TPSA) is 88.5 Å². The second-order valence-electron chi connectivity index (χ2n) is 4.37. The number of hydrogen-bond acceptors (Lipinski definition) is 5. The first-order valence-electron chi connectivity index (χ1n) is 6.45. The highest BCUT2D eigenvalue weighted by molar-refractivity contribution is 7.99. The molecule has 8 heteroatoms. The van der Waals surface area contributed by atoms with Crippen molar-refractivity contribution in [2.24, 2.45) is 0 Å². The molecule has 0 aliphatic rings. The molecule has 0 bridgehead atoms. The van der Waals surface area contributed by atoms with Crippen LogP contribution in [0, 0.1) is 0 Å². The molecule has 23 heavy (non-hydrogen) atoms. The number of rotatable bonds is 6. The molecule has 2 rings (SSSR count). The number of aromatic nitrogens is 1. The molecule has 120 valence electrons. The highest BCUT2D eigenvalue weighted by Gasteiger charge is 2.10. The maximum Gasteiger partial charge on any atom is 0.335 e. The van der Waals surface area contributed by atoms with Gasteiger partial charge in [-0.05, 0) is 30.3 Å². The van der Waals surface area contributed by atoms with Crippen molar-refractivity contribution in [1.82, 2.24) is 4.98 Å². The van der Waals surface area contributed by atoms with Crippen molar-refractivity contribution >= 4 is 40.9 Å². The number of carboxylic acids is 1. The van der Waals surface area contributed by atoms with Crippen LogP contribution < -0.4 is 10.1 Å². The lowest BCUT2D eigenvalue weighted by Gasteiger charge is -2.10.